The first kappa shape index (κ1) is 21.6. The van der Waals surface area contributed by atoms with Crippen LogP contribution < -0.4 is 9.64 Å². The Morgan fingerprint density at radius 2 is 1.78 bits per heavy atom. The second kappa shape index (κ2) is 8.48. The average molecular weight is 452 g/mol. The molecule has 0 radical (unpaired) electrons. The Balaban J connectivity index is 1.98. The predicted molar refractivity (Wildman–Crippen MR) is 120 cm³/mol. The molecule has 0 aromatic heterocycles. The van der Waals surface area contributed by atoms with Gasteiger partial charge in [-0.05, 0) is 60.5 Å². The molecule has 5 nitrogen and oxygen atoms in total. The molecular formula is C25H19ClFNO4. The topological polar surface area (TPSA) is 66.8 Å². The number of rotatable bonds is 4. The minimum absolute atomic E-state index is 0.140. The van der Waals surface area contributed by atoms with E-state index in [4.69, 9.17) is 16.3 Å². The Labute approximate surface area is 189 Å². The lowest BCUT2D eigenvalue weighted by Crippen LogP contribution is -2.29. The van der Waals surface area contributed by atoms with E-state index in [0.717, 1.165) is 5.56 Å². The minimum atomic E-state index is -0.973. The van der Waals surface area contributed by atoms with Crippen molar-refractivity contribution in [2.45, 2.75) is 13.0 Å². The molecule has 3 aromatic carbocycles. The van der Waals surface area contributed by atoms with Gasteiger partial charge in [0, 0.05) is 11.3 Å². The number of carbonyl (C=O) groups excluding carboxylic acids is 2. The van der Waals surface area contributed by atoms with Gasteiger partial charge in [0.25, 0.3) is 11.7 Å². The predicted octanol–water partition coefficient (Wildman–Crippen LogP) is 5.42. The summed E-state index contributed by atoms with van der Waals surface area (Å²) in [4.78, 5) is 27.6. The molecule has 1 unspecified atom stereocenters. The summed E-state index contributed by atoms with van der Waals surface area (Å²) in [6, 6.07) is 16.2. The fourth-order valence-corrected chi connectivity index (χ4v) is 4.00. The van der Waals surface area contributed by atoms with Gasteiger partial charge in [-0.2, -0.15) is 0 Å². The maximum absolute atomic E-state index is 13.6. The molecule has 1 aliphatic heterocycles. The van der Waals surface area contributed by atoms with Crippen LogP contribution >= 0.6 is 11.6 Å². The summed E-state index contributed by atoms with van der Waals surface area (Å²) in [5, 5.41) is 11.4. The van der Waals surface area contributed by atoms with E-state index >= 15 is 0 Å². The van der Waals surface area contributed by atoms with Gasteiger partial charge in [-0.25, -0.2) is 4.39 Å². The number of hydrogen-bond acceptors (Lipinski definition) is 4. The van der Waals surface area contributed by atoms with Crippen molar-refractivity contribution < 1.29 is 23.8 Å². The van der Waals surface area contributed by atoms with Crippen molar-refractivity contribution in [2.75, 3.05) is 12.0 Å². The van der Waals surface area contributed by atoms with Gasteiger partial charge >= 0.3 is 0 Å². The van der Waals surface area contributed by atoms with Gasteiger partial charge in [0.15, 0.2) is 0 Å². The van der Waals surface area contributed by atoms with Crippen LogP contribution in [-0.2, 0) is 9.59 Å². The molecule has 3 aromatic rings. The van der Waals surface area contributed by atoms with Crippen molar-refractivity contribution in [1.29, 1.82) is 0 Å². The molecule has 7 heteroatoms. The molecule has 162 valence electrons. The van der Waals surface area contributed by atoms with Crippen molar-refractivity contribution in [3.63, 3.8) is 0 Å². The Morgan fingerprint density at radius 3 is 2.44 bits per heavy atom. The zero-order chi connectivity index (χ0) is 23.0. The van der Waals surface area contributed by atoms with Crippen molar-refractivity contribution in [1.82, 2.24) is 0 Å². The third-order valence-electron chi connectivity index (χ3n) is 5.34. The molecule has 1 aliphatic rings. The average Bonchev–Trinajstić information content (AvgIpc) is 3.05. The number of aliphatic hydroxyl groups excluding tert-OH is 1. The number of hydrogen-bond donors (Lipinski definition) is 1. The zero-order valence-electron chi connectivity index (χ0n) is 17.3. The van der Waals surface area contributed by atoms with Gasteiger partial charge in [0.1, 0.15) is 17.3 Å². The number of Topliss-reactive ketones (excluding diaryl/α,β-unsaturated/α-hetero) is 1. The van der Waals surface area contributed by atoms with E-state index in [-0.39, 0.29) is 16.2 Å². The molecule has 0 aliphatic carbocycles. The maximum atomic E-state index is 13.6. The lowest BCUT2D eigenvalue weighted by molar-refractivity contribution is -0.132. The molecule has 0 bridgehead atoms. The van der Waals surface area contributed by atoms with E-state index in [1.165, 1.54) is 48.4 Å². The molecule has 4 rings (SSSR count). The SMILES string of the molecule is COc1ccc(Cl)c(/C(O)=C2\C(=O)C(=O)N(c3cccc(C)c3)C2c2ccc(F)cc2)c1. The van der Waals surface area contributed by atoms with Crippen LogP contribution in [0.25, 0.3) is 5.76 Å². The van der Waals surface area contributed by atoms with Gasteiger partial charge in [-0.15, -0.1) is 0 Å². The first-order valence-corrected chi connectivity index (χ1v) is 10.2. The third-order valence-corrected chi connectivity index (χ3v) is 5.67. The monoisotopic (exact) mass is 451 g/mol. The summed E-state index contributed by atoms with van der Waals surface area (Å²) < 4.78 is 18.8. The van der Waals surface area contributed by atoms with Gasteiger partial charge < -0.3 is 9.84 Å². The lowest BCUT2D eigenvalue weighted by Gasteiger charge is -2.25. The molecule has 1 fully saturated rings. The summed E-state index contributed by atoms with van der Waals surface area (Å²) in [6.45, 7) is 1.86. The number of ketones is 1. The minimum Gasteiger partial charge on any atom is -0.507 e. The second-order valence-electron chi connectivity index (χ2n) is 7.41. The van der Waals surface area contributed by atoms with Crippen LogP contribution in [0.15, 0.2) is 72.3 Å². The van der Waals surface area contributed by atoms with Crippen LogP contribution in [0.4, 0.5) is 10.1 Å². The number of halogens is 2. The normalized spacial score (nSPS) is 17.6. The third kappa shape index (κ3) is 3.74. The van der Waals surface area contributed by atoms with E-state index in [9.17, 15) is 19.1 Å². The van der Waals surface area contributed by atoms with Crippen LogP contribution in [0.5, 0.6) is 5.75 Å². The number of aryl methyl sites for hydroxylation is 1. The number of ether oxygens (including phenoxy) is 1. The van der Waals surface area contributed by atoms with E-state index in [2.05, 4.69) is 0 Å². The Bertz CT molecular complexity index is 1250. The summed E-state index contributed by atoms with van der Waals surface area (Å²) in [5.74, 6) is -2.14. The van der Waals surface area contributed by atoms with Crippen molar-refractivity contribution in [2.24, 2.45) is 0 Å². The highest BCUT2D eigenvalue weighted by Crippen LogP contribution is 2.43. The summed E-state index contributed by atoms with van der Waals surface area (Å²) in [6.07, 6.45) is 0. The van der Waals surface area contributed by atoms with E-state index in [1.807, 2.05) is 13.0 Å². The Kier molecular flexibility index (Phi) is 5.72. The summed E-state index contributed by atoms with van der Waals surface area (Å²) in [7, 11) is 1.46. The van der Waals surface area contributed by atoms with Crippen LogP contribution in [0.2, 0.25) is 5.02 Å². The number of anilines is 1. The van der Waals surface area contributed by atoms with Crippen molar-refractivity contribution in [3.05, 3.63) is 99.8 Å². The van der Waals surface area contributed by atoms with Gasteiger partial charge in [-0.3, -0.25) is 14.5 Å². The molecule has 0 saturated carbocycles. The first-order chi connectivity index (χ1) is 15.3. The van der Waals surface area contributed by atoms with Crippen LogP contribution in [0, 0.1) is 12.7 Å². The zero-order valence-corrected chi connectivity index (χ0v) is 18.1. The maximum Gasteiger partial charge on any atom is 0.300 e. The molecule has 1 saturated heterocycles. The van der Waals surface area contributed by atoms with Crippen molar-refractivity contribution >= 4 is 34.7 Å². The highest BCUT2D eigenvalue weighted by molar-refractivity contribution is 6.52. The molecule has 1 N–H and O–H groups in total. The number of methoxy groups -OCH3 is 1. The van der Waals surface area contributed by atoms with Gasteiger partial charge in [-0.1, -0.05) is 35.9 Å². The van der Waals surface area contributed by atoms with E-state index < -0.39 is 29.3 Å². The molecule has 1 atom stereocenters. The fourth-order valence-electron chi connectivity index (χ4n) is 3.80. The standard InChI is InChI=1S/C25H19ClFNO4/c1-14-4-3-5-17(12-14)28-22(15-6-8-16(27)9-7-15)21(24(30)25(28)31)23(29)19-13-18(32-2)10-11-20(19)26/h3-13,22,29H,1-2H3/b23-21+. The highest BCUT2D eigenvalue weighted by atomic mass is 35.5. The smallest absolute Gasteiger partial charge is 0.300 e. The Hall–Kier alpha value is -3.64. The van der Waals surface area contributed by atoms with E-state index in [1.54, 1.807) is 24.3 Å². The fraction of sp³-hybridized carbons (Fsp3) is 0.120. The number of nitrogens with zero attached hydrogens (tertiary/aromatic N) is 1. The second-order valence-corrected chi connectivity index (χ2v) is 7.81. The van der Waals surface area contributed by atoms with Crippen molar-refractivity contribution in [3.8, 4) is 5.75 Å². The summed E-state index contributed by atoms with van der Waals surface area (Å²) in [5.41, 5.74) is 1.85. The largest absolute Gasteiger partial charge is 0.507 e. The van der Waals surface area contributed by atoms with Gasteiger partial charge in [0.05, 0.1) is 23.7 Å². The van der Waals surface area contributed by atoms with Gasteiger partial charge in [0.2, 0.25) is 0 Å². The van der Waals surface area contributed by atoms with E-state index in [0.29, 0.717) is 17.0 Å². The van der Waals surface area contributed by atoms with Crippen LogP contribution in [0.1, 0.15) is 22.7 Å². The highest BCUT2D eigenvalue weighted by Gasteiger charge is 2.47. The van der Waals surface area contributed by atoms with Crippen LogP contribution in [0.3, 0.4) is 0 Å². The number of aliphatic hydroxyl groups is 1. The molecule has 1 amide bonds. The molecule has 1 heterocycles. The Morgan fingerprint density at radius 1 is 1.06 bits per heavy atom. The lowest BCUT2D eigenvalue weighted by atomic mass is 9.95. The number of benzene rings is 3. The first-order valence-electron chi connectivity index (χ1n) is 9.79. The molecule has 32 heavy (non-hydrogen) atoms. The molecule has 0 spiro atoms. The number of carbonyl (C=O) groups is 2. The summed E-state index contributed by atoms with van der Waals surface area (Å²) >= 11 is 6.29. The number of amides is 1. The van der Waals surface area contributed by atoms with Crippen LogP contribution in [-0.4, -0.2) is 23.9 Å². The quantitative estimate of drug-likeness (QED) is 0.326. The molecular weight excluding hydrogens is 433 g/mol.